The number of aliphatic hydroxyl groups excluding tert-OH is 1. The minimum Gasteiger partial charge on any atom is -0.464 e. The normalized spacial score (nSPS) is 11.2. The Kier molecular flexibility index (Phi) is 14.1. The maximum absolute atomic E-state index is 10.3. The summed E-state index contributed by atoms with van der Waals surface area (Å²) in [5.41, 5.74) is 0. The van der Waals surface area contributed by atoms with E-state index in [0.29, 0.717) is 6.61 Å². The van der Waals surface area contributed by atoms with Crippen LogP contribution in [0.15, 0.2) is 0 Å². The lowest BCUT2D eigenvalue weighted by Gasteiger charge is -2.01. The number of unbranched alkanes of at least 4 members (excludes halogenated alkanes) is 3. The number of carbonyl (C=O) groups excluding carboxylic acids is 1. The summed E-state index contributed by atoms with van der Waals surface area (Å²) in [6.07, 6.45) is 4.55. The van der Waals surface area contributed by atoms with Crippen molar-refractivity contribution in [2.24, 2.45) is 0 Å². The van der Waals surface area contributed by atoms with Crippen molar-refractivity contribution in [3.8, 4) is 0 Å². The first-order valence-corrected chi connectivity index (χ1v) is 5.44. The largest absolute Gasteiger partial charge is 0.464 e. The van der Waals surface area contributed by atoms with E-state index in [1.807, 2.05) is 0 Å². The average Bonchev–Trinajstić information content (AvgIpc) is 2.16. The molecule has 0 aromatic heterocycles. The second kappa shape index (κ2) is 12.4. The van der Waals surface area contributed by atoms with Gasteiger partial charge in [0.1, 0.15) is 6.10 Å². The average molecular weight is 204 g/mol. The van der Waals surface area contributed by atoms with E-state index in [9.17, 15) is 4.79 Å². The van der Waals surface area contributed by atoms with Crippen molar-refractivity contribution >= 4 is 5.97 Å². The van der Waals surface area contributed by atoms with Crippen LogP contribution in [-0.4, -0.2) is 23.8 Å². The van der Waals surface area contributed by atoms with Crippen LogP contribution >= 0.6 is 0 Å². The number of esters is 1. The first-order valence-electron chi connectivity index (χ1n) is 5.44. The zero-order chi connectivity index (χ0) is 11.4. The molecule has 0 aliphatic carbocycles. The first-order chi connectivity index (χ1) is 6.59. The zero-order valence-electron chi connectivity index (χ0n) is 9.88. The van der Waals surface area contributed by atoms with Gasteiger partial charge in [0.2, 0.25) is 0 Å². The van der Waals surface area contributed by atoms with Gasteiger partial charge < -0.3 is 9.84 Å². The Morgan fingerprint density at radius 2 is 1.64 bits per heavy atom. The third-order valence-electron chi connectivity index (χ3n) is 1.58. The van der Waals surface area contributed by atoms with E-state index in [2.05, 4.69) is 18.6 Å². The summed E-state index contributed by atoms with van der Waals surface area (Å²) in [4.78, 5) is 10.3. The number of rotatable bonds is 5. The third-order valence-corrected chi connectivity index (χ3v) is 1.58. The summed E-state index contributed by atoms with van der Waals surface area (Å²) < 4.78 is 4.41. The fourth-order valence-electron chi connectivity index (χ4n) is 0.763. The van der Waals surface area contributed by atoms with Gasteiger partial charge in [-0.25, -0.2) is 4.79 Å². The summed E-state index contributed by atoms with van der Waals surface area (Å²) in [5, 5.41) is 8.48. The summed E-state index contributed by atoms with van der Waals surface area (Å²) in [7, 11) is 0. The van der Waals surface area contributed by atoms with E-state index in [4.69, 9.17) is 5.11 Å². The van der Waals surface area contributed by atoms with Crippen molar-refractivity contribution in [2.75, 3.05) is 6.61 Å². The second-order valence-corrected chi connectivity index (χ2v) is 3.14. The SMILES string of the molecule is CCCCCC.CCOC(=O)C(C)O. The molecule has 0 aromatic rings. The highest BCUT2D eigenvalue weighted by Crippen LogP contribution is 1.95. The maximum Gasteiger partial charge on any atom is 0.334 e. The molecule has 0 aromatic carbocycles. The Morgan fingerprint density at radius 1 is 1.21 bits per heavy atom. The lowest BCUT2D eigenvalue weighted by molar-refractivity contribution is -0.151. The zero-order valence-corrected chi connectivity index (χ0v) is 9.88. The lowest BCUT2D eigenvalue weighted by Crippen LogP contribution is -2.18. The second-order valence-electron chi connectivity index (χ2n) is 3.14. The van der Waals surface area contributed by atoms with Crippen molar-refractivity contribution in [3.05, 3.63) is 0 Å². The monoisotopic (exact) mass is 204 g/mol. The highest BCUT2D eigenvalue weighted by molar-refractivity contribution is 5.73. The minimum absolute atomic E-state index is 0.323. The predicted molar refractivity (Wildman–Crippen MR) is 58.1 cm³/mol. The Labute approximate surface area is 87.5 Å². The van der Waals surface area contributed by atoms with Gasteiger partial charge in [-0.3, -0.25) is 0 Å². The molecule has 0 aliphatic heterocycles. The summed E-state index contributed by atoms with van der Waals surface area (Å²) in [6, 6.07) is 0. The van der Waals surface area contributed by atoms with Gasteiger partial charge in [-0.05, 0) is 13.8 Å². The molecule has 0 amide bonds. The van der Waals surface area contributed by atoms with Crippen molar-refractivity contribution in [3.63, 3.8) is 0 Å². The highest BCUT2D eigenvalue weighted by Gasteiger charge is 2.07. The molecule has 0 rings (SSSR count). The van der Waals surface area contributed by atoms with E-state index in [-0.39, 0.29) is 0 Å². The van der Waals surface area contributed by atoms with Gasteiger partial charge >= 0.3 is 5.97 Å². The number of hydrogen-bond donors (Lipinski definition) is 1. The van der Waals surface area contributed by atoms with Gasteiger partial charge in [-0.2, -0.15) is 0 Å². The molecule has 0 saturated heterocycles. The topological polar surface area (TPSA) is 46.5 Å². The number of carbonyl (C=O) groups is 1. The van der Waals surface area contributed by atoms with Gasteiger partial charge in [0, 0.05) is 0 Å². The van der Waals surface area contributed by atoms with Crippen LogP contribution in [0.1, 0.15) is 53.4 Å². The molecule has 0 spiro atoms. The predicted octanol–water partition coefficient (Wildman–Crippen LogP) is 2.52. The number of hydrogen-bond acceptors (Lipinski definition) is 3. The van der Waals surface area contributed by atoms with Gasteiger partial charge in [-0.1, -0.05) is 39.5 Å². The minimum atomic E-state index is -0.991. The molecule has 14 heavy (non-hydrogen) atoms. The van der Waals surface area contributed by atoms with Gasteiger partial charge in [-0.15, -0.1) is 0 Å². The summed E-state index contributed by atoms with van der Waals surface area (Å²) >= 11 is 0. The Morgan fingerprint density at radius 3 is 1.79 bits per heavy atom. The molecule has 0 saturated carbocycles. The Bertz CT molecular complexity index is 118. The van der Waals surface area contributed by atoms with Gasteiger partial charge in [0.15, 0.2) is 0 Å². The van der Waals surface area contributed by atoms with Crippen molar-refractivity contribution < 1.29 is 14.6 Å². The van der Waals surface area contributed by atoms with Crippen molar-refractivity contribution in [2.45, 2.75) is 59.5 Å². The lowest BCUT2D eigenvalue weighted by atomic mass is 10.2. The number of ether oxygens (including phenoxy) is 1. The molecule has 0 aliphatic rings. The van der Waals surface area contributed by atoms with Crippen LogP contribution in [0.2, 0.25) is 0 Å². The maximum atomic E-state index is 10.3. The molecule has 0 radical (unpaired) electrons. The molecule has 1 N–H and O–H groups in total. The van der Waals surface area contributed by atoms with Crippen molar-refractivity contribution in [1.82, 2.24) is 0 Å². The first kappa shape index (κ1) is 15.9. The summed E-state index contributed by atoms with van der Waals surface area (Å²) in [5.74, 6) is -0.562. The van der Waals surface area contributed by atoms with Gasteiger partial charge in [0.25, 0.3) is 0 Å². The van der Waals surface area contributed by atoms with E-state index in [0.717, 1.165) is 0 Å². The van der Waals surface area contributed by atoms with Crippen LogP contribution in [-0.2, 0) is 9.53 Å². The molecule has 1 unspecified atom stereocenters. The van der Waals surface area contributed by atoms with Crippen LogP contribution in [0.3, 0.4) is 0 Å². The smallest absolute Gasteiger partial charge is 0.334 e. The molecule has 0 heterocycles. The molecular formula is C11H24O3. The van der Waals surface area contributed by atoms with Crippen LogP contribution in [0, 0.1) is 0 Å². The van der Waals surface area contributed by atoms with Crippen LogP contribution in [0.25, 0.3) is 0 Å². The Hall–Kier alpha value is -0.570. The Balaban J connectivity index is 0. The molecule has 1 atom stereocenters. The highest BCUT2D eigenvalue weighted by atomic mass is 16.5. The van der Waals surface area contributed by atoms with E-state index in [1.165, 1.54) is 32.6 Å². The van der Waals surface area contributed by atoms with Crippen LogP contribution in [0.5, 0.6) is 0 Å². The van der Waals surface area contributed by atoms with E-state index in [1.54, 1.807) is 6.92 Å². The molecule has 3 nitrogen and oxygen atoms in total. The molecule has 0 fully saturated rings. The number of aliphatic hydroxyl groups is 1. The van der Waals surface area contributed by atoms with E-state index < -0.39 is 12.1 Å². The fourth-order valence-corrected chi connectivity index (χ4v) is 0.763. The molecule has 0 bridgehead atoms. The van der Waals surface area contributed by atoms with Crippen LogP contribution in [0.4, 0.5) is 0 Å². The quantitative estimate of drug-likeness (QED) is 0.553. The molecule has 86 valence electrons. The molecule has 3 heteroatoms. The standard InChI is InChI=1S/C6H14.C5H10O3/c1-3-5-6-4-2;1-3-8-5(7)4(2)6/h3-6H2,1-2H3;4,6H,3H2,1-2H3. The van der Waals surface area contributed by atoms with E-state index >= 15 is 0 Å². The fraction of sp³-hybridized carbons (Fsp3) is 0.909. The molecular weight excluding hydrogens is 180 g/mol. The van der Waals surface area contributed by atoms with Gasteiger partial charge in [0.05, 0.1) is 6.61 Å². The van der Waals surface area contributed by atoms with Crippen LogP contribution < -0.4 is 0 Å². The summed E-state index contributed by atoms with van der Waals surface area (Å²) in [6.45, 7) is 7.85. The van der Waals surface area contributed by atoms with Crippen molar-refractivity contribution in [1.29, 1.82) is 0 Å². The third kappa shape index (κ3) is 14.0.